The summed E-state index contributed by atoms with van der Waals surface area (Å²) >= 11 is 0. The van der Waals surface area contributed by atoms with E-state index in [0.717, 1.165) is 43.5 Å². The molecule has 5 rings (SSSR count). The number of pyridine rings is 2. The van der Waals surface area contributed by atoms with Crippen LogP contribution in [-0.4, -0.2) is 50.7 Å². The highest BCUT2D eigenvalue weighted by Crippen LogP contribution is 2.48. The zero-order chi connectivity index (χ0) is 21.5. The Morgan fingerprint density at radius 2 is 2.06 bits per heavy atom. The zero-order valence-corrected chi connectivity index (χ0v) is 17.9. The van der Waals surface area contributed by atoms with Crippen molar-refractivity contribution in [1.29, 1.82) is 0 Å². The second-order valence-corrected chi connectivity index (χ2v) is 9.03. The zero-order valence-electron chi connectivity index (χ0n) is 17.9. The molecule has 2 N–H and O–H groups in total. The highest BCUT2D eigenvalue weighted by Gasteiger charge is 2.55. The molecule has 0 aromatic carbocycles. The van der Waals surface area contributed by atoms with Gasteiger partial charge in [0.1, 0.15) is 0 Å². The SMILES string of the molecule is CCN1[C@@H]2c3ccc(-c4cccnc4)c(=O)n3C[C@H]1[C@H](CO)[C@H]2C(=O)NC1CCCC1. The Kier molecular flexibility index (Phi) is 5.40. The molecule has 0 unspecified atom stereocenters. The van der Waals surface area contributed by atoms with Crippen LogP contribution in [0.3, 0.4) is 0 Å². The Balaban J connectivity index is 1.56. The quantitative estimate of drug-likeness (QED) is 0.769. The molecule has 2 aromatic rings. The molecule has 4 heterocycles. The van der Waals surface area contributed by atoms with Gasteiger partial charge < -0.3 is 15.0 Å². The Morgan fingerprint density at radius 1 is 1.26 bits per heavy atom. The molecule has 7 nitrogen and oxygen atoms in total. The van der Waals surface area contributed by atoms with Gasteiger partial charge in [-0.1, -0.05) is 25.8 Å². The van der Waals surface area contributed by atoms with Crippen LogP contribution < -0.4 is 10.9 Å². The molecule has 0 spiro atoms. The highest BCUT2D eigenvalue weighted by molar-refractivity contribution is 5.81. The maximum atomic E-state index is 13.4. The van der Waals surface area contributed by atoms with E-state index in [1.165, 1.54) is 0 Å². The number of fused-ring (bicyclic) bond motifs is 4. The number of nitrogens with one attached hydrogen (secondary N) is 1. The maximum Gasteiger partial charge on any atom is 0.258 e. The van der Waals surface area contributed by atoms with Crippen molar-refractivity contribution in [3.63, 3.8) is 0 Å². The van der Waals surface area contributed by atoms with E-state index >= 15 is 0 Å². The van der Waals surface area contributed by atoms with E-state index in [2.05, 4.69) is 22.1 Å². The first kappa shape index (κ1) is 20.4. The minimum Gasteiger partial charge on any atom is -0.396 e. The summed E-state index contributed by atoms with van der Waals surface area (Å²) in [5.74, 6) is -0.519. The number of aromatic nitrogens is 2. The average molecular weight is 423 g/mol. The molecule has 0 radical (unpaired) electrons. The minimum atomic E-state index is -0.354. The number of amides is 1. The van der Waals surface area contributed by atoms with Gasteiger partial charge in [0.2, 0.25) is 5.91 Å². The molecule has 164 valence electrons. The van der Waals surface area contributed by atoms with Crippen LogP contribution in [0.15, 0.2) is 41.5 Å². The summed E-state index contributed by atoms with van der Waals surface area (Å²) in [5.41, 5.74) is 2.24. The van der Waals surface area contributed by atoms with Gasteiger partial charge in [0.05, 0.1) is 12.0 Å². The van der Waals surface area contributed by atoms with Gasteiger partial charge in [-0.05, 0) is 37.6 Å². The molecule has 2 fully saturated rings. The fraction of sp³-hybridized carbons (Fsp3) is 0.542. The molecule has 2 aromatic heterocycles. The summed E-state index contributed by atoms with van der Waals surface area (Å²) in [4.78, 5) is 33.3. The number of hydrogen-bond acceptors (Lipinski definition) is 5. The Labute approximate surface area is 182 Å². The number of carbonyl (C=O) groups is 1. The maximum absolute atomic E-state index is 13.4. The Bertz CT molecular complexity index is 1020. The van der Waals surface area contributed by atoms with E-state index in [1.807, 2.05) is 28.8 Å². The summed E-state index contributed by atoms with van der Waals surface area (Å²) in [6.07, 6.45) is 7.76. The second-order valence-electron chi connectivity index (χ2n) is 9.03. The third kappa shape index (κ3) is 3.31. The molecular weight excluding hydrogens is 392 g/mol. The van der Waals surface area contributed by atoms with E-state index in [0.29, 0.717) is 12.1 Å². The number of likely N-dealkylation sites (N-methyl/N-ethyl adjacent to an activating group) is 1. The first-order valence-electron chi connectivity index (χ1n) is 11.4. The highest BCUT2D eigenvalue weighted by atomic mass is 16.3. The number of aliphatic hydroxyl groups is 1. The molecular formula is C24H30N4O3. The van der Waals surface area contributed by atoms with Gasteiger partial charge in [-0.25, -0.2) is 0 Å². The molecule has 1 amide bonds. The van der Waals surface area contributed by atoms with E-state index in [4.69, 9.17) is 0 Å². The van der Waals surface area contributed by atoms with Crippen molar-refractivity contribution >= 4 is 5.91 Å². The van der Waals surface area contributed by atoms with Crippen LogP contribution in [0.1, 0.15) is 44.3 Å². The lowest BCUT2D eigenvalue weighted by atomic mass is 9.86. The minimum absolute atomic E-state index is 0.0223. The summed E-state index contributed by atoms with van der Waals surface area (Å²) in [6.45, 7) is 3.30. The van der Waals surface area contributed by atoms with Gasteiger partial charge in [0.25, 0.3) is 5.56 Å². The van der Waals surface area contributed by atoms with E-state index in [9.17, 15) is 14.7 Å². The molecule has 1 saturated carbocycles. The normalized spacial score (nSPS) is 27.9. The van der Waals surface area contributed by atoms with Crippen LogP contribution >= 0.6 is 0 Å². The standard InChI is InChI=1S/C24H30N4O3/c1-2-27-20-13-28-19(10-9-17(24(28)31)15-6-5-11-25-12-15)22(27)21(18(20)14-29)23(30)26-16-7-3-4-8-16/h5-6,9-12,16,18,20-22,29H,2-4,7-8,13-14H2,1H3,(H,26,30)/t18-,20-,21+,22+/m0/s1. The van der Waals surface area contributed by atoms with Crippen molar-refractivity contribution in [2.75, 3.05) is 13.2 Å². The van der Waals surface area contributed by atoms with Gasteiger partial charge in [-0.15, -0.1) is 0 Å². The van der Waals surface area contributed by atoms with Gasteiger partial charge in [-0.2, -0.15) is 0 Å². The molecule has 1 aliphatic carbocycles. The summed E-state index contributed by atoms with van der Waals surface area (Å²) < 4.78 is 1.83. The predicted molar refractivity (Wildman–Crippen MR) is 117 cm³/mol. The molecule has 31 heavy (non-hydrogen) atoms. The van der Waals surface area contributed by atoms with Crippen molar-refractivity contribution in [2.45, 2.75) is 57.3 Å². The smallest absolute Gasteiger partial charge is 0.258 e. The summed E-state index contributed by atoms with van der Waals surface area (Å²) in [7, 11) is 0. The van der Waals surface area contributed by atoms with Crippen molar-refractivity contribution in [2.24, 2.45) is 11.8 Å². The third-order valence-electron chi connectivity index (χ3n) is 7.51. The molecule has 2 aliphatic heterocycles. The lowest BCUT2D eigenvalue weighted by Crippen LogP contribution is -2.46. The van der Waals surface area contributed by atoms with Gasteiger partial charge in [0.15, 0.2) is 0 Å². The van der Waals surface area contributed by atoms with Gasteiger partial charge in [-0.3, -0.25) is 19.5 Å². The topological polar surface area (TPSA) is 87.5 Å². The fourth-order valence-electron chi connectivity index (χ4n) is 6.07. The first-order chi connectivity index (χ1) is 15.1. The van der Waals surface area contributed by atoms with Crippen LogP contribution in [0, 0.1) is 11.8 Å². The van der Waals surface area contributed by atoms with Crippen LogP contribution in [0.5, 0.6) is 0 Å². The summed E-state index contributed by atoms with van der Waals surface area (Å²) in [5, 5.41) is 13.5. The number of rotatable bonds is 5. The molecule has 1 saturated heterocycles. The fourth-order valence-corrected chi connectivity index (χ4v) is 6.07. The van der Waals surface area contributed by atoms with Crippen LogP contribution in [0.4, 0.5) is 0 Å². The Morgan fingerprint density at radius 3 is 2.74 bits per heavy atom. The van der Waals surface area contributed by atoms with Crippen LogP contribution in [-0.2, 0) is 11.3 Å². The third-order valence-corrected chi connectivity index (χ3v) is 7.51. The summed E-state index contributed by atoms with van der Waals surface area (Å²) in [6, 6.07) is 7.57. The van der Waals surface area contributed by atoms with Crippen molar-refractivity contribution in [3.8, 4) is 11.1 Å². The van der Waals surface area contributed by atoms with Crippen LogP contribution in [0.2, 0.25) is 0 Å². The van der Waals surface area contributed by atoms with E-state index < -0.39 is 0 Å². The molecule has 2 bridgehead atoms. The Hall–Kier alpha value is -2.51. The van der Waals surface area contributed by atoms with E-state index in [1.54, 1.807) is 12.4 Å². The number of hydrogen-bond donors (Lipinski definition) is 2. The molecule has 7 heteroatoms. The van der Waals surface area contributed by atoms with Crippen LogP contribution in [0.25, 0.3) is 11.1 Å². The predicted octanol–water partition coefficient (Wildman–Crippen LogP) is 1.95. The monoisotopic (exact) mass is 422 g/mol. The number of nitrogens with zero attached hydrogens (tertiary/aromatic N) is 3. The molecule has 3 aliphatic rings. The number of aliphatic hydroxyl groups excluding tert-OH is 1. The second kappa shape index (κ2) is 8.20. The van der Waals surface area contributed by atoms with Gasteiger partial charge >= 0.3 is 0 Å². The van der Waals surface area contributed by atoms with Gasteiger partial charge in [0, 0.05) is 60.4 Å². The molecule has 4 atom stereocenters. The number of carbonyl (C=O) groups excluding carboxylic acids is 1. The first-order valence-corrected chi connectivity index (χ1v) is 11.4. The van der Waals surface area contributed by atoms with E-state index in [-0.39, 0.29) is 48.0 Å². The average Bonchev–Trinajstić information content (AvgIpc) is 3.37. The lowest BCUT2D eigenvalue weighted by Gasteiger charge is -2.37. The lowest BCUT2D eigenvalue weighted by molar-refractivity contribution is -0.128. The largest absolute Gasteiger partial charge is 0.396 e. The van der Waals surface area contributed by atoms with Crippen molar-refractivity contribution < 1.29 is 9.90 Å². The van der Waals surface area contributed by atoms with Crippen molar-refractivity contribution in [3.05, 3.63) is 52.7 Å². The van der Waals surface area contributed by atoms with Crippen molar-refractivity contribution in [1.82, 2.24) is 19.8 Å².